The molecule has 0 fully saturated rings. The molecule has 2 aromatic heterocycles. The first-order valence-electron chi connectivity index (χ1n) is 9.01. The van der Waals surface area contributed by atoms with E-state index in [1.807, 2.05) is 23.6 Å². The van der Waals surface area contributed by atoms with Gasteiger partial charge < -0.3 is 14.6 Å². The molecule has 144 valence electrons. The van der Waals surface area contributed by atoms with Crippen LogP contribution < -0.4 is 10.1 Å². The van der Waals surface area contributed by atoms with E-state index in [-0.39, 0.29) is 12.5 Å². The summed E-state index contributed by atoms with van der Waals surface area (Å²) in [6.45, 7) is 0.471. The summed E-state index contributed by atoms with van der Waals surface area (Å²) in [6.07, 6.45) is 3.43. The van der Waals surface area contributed by atoms with Gasteiger partial charge in [0.25, 0.3) is 5.91 Å². The van der Waals surface area contributed by atoms with E-state index in [1.54, 1.807) is 35.6 Å². The molecular weight excluding hydrogens is 376 g/mol. The smallest absolute Gasteiger partial charge is 0.257 e. The maximum atomic E-state index is 11.8. The quantitative estimate of drug-likeness (QED) is 0.526. The van der Waals surface area contributed by atoms with Crippen LogP contribution in [0.25, 0.3) is 10.7 Å². The maximum Gasteiger partial charge on any atom is 0.257 e. The van der Waals surface area contributed by atoms with E-state index < -0.39 is 0 Å². The Balaban J connectivity index is 1.28. The molecule has 0 aliphatic rings. The molecule has 1 amide bonds. The topological polar surface area (TPSA) is 101 Å². The molecule has 0 saturated carbocycles. The molecule has 3 aromatic rings. The molecule has 0 atom stereocenters. The number of nitrogens with one attached hydrogen (secondary N) is 1. The molecule has 0 aliphatic carbocycles. The van der Waals surface area contributed by atoms with Crippen molar-refractivity contribution in [1.29, 1.82) is 5.26 Å². The van der Waals surface area contributed by atoms with E-state index in [0.29, 0.717) is 29.6 Å². The van der Waals surface area contributed by atoms with Crippen molar-refractivity contribution in [2.24, 2.45) is 0 Å². The molecule has 0 saturated heterocycles. The first-order valence-corrected chi connectivity index (χ1v) is 9.89. The zero-order valence-corrected chi connectivity index (χ0v) is 16.1. The van der Waals surface area contributed by atoms with Crippen LogP contribution in [0.1, 0.15) is 30.7 Å². The van der Waals surface area contributed by atoms with Crippen LogP contribution in [0.4, 0.5) is 0 Å². The van der Waals surface area contributed by atoms with Gasteiger partial charge in [0.1, 0.15) is 11.8 Å². The van der Waals surface area contributed by atoms with Gasteiger partial charge in [0.2, 0.25) is 11.7 Å². The molecular formula is C20H20N4O3S. The number of thiophene rings is 1. The highest BCUT2D eigenvalue weighted by Gasteiger charge is 2.09. The van der Waals surface area contributed by atoms with Gasteiger partial charge in [-0.3, -0.25) is 4.79 Å². The fourth-order valence-electron chi connectivity index (χ4n) is 2.55. The molecule has 28 heavy (non-hydrogen) atoms. The second kappa shape index (κ2) is 10.2. The van der Waals surface area contributed by atoms with Crippen LogP contribution in [0.15, 0.2) is 46.3 Å². The summed E-state index contributed by atoms with van der Waals surface area (Å²) in [5.74, 6) is 1.49. The summed E-state index contributed by atoms with van der Waals surface area (Å²) in [4.78, 5) is 17.2. The third-order valence-electron chi connectivity index (χ3n) is 3.97. The number of carbonyl (C=O) groups is 1. The van der Waals surface area contributed by atoms with Crippen molar-refractivity contribution < 1.29 is 14.1 Å². The monoisotopic (exact) mass is 396 g/mol. The van der Waals surface area contributed by atoms with Crippen LogP contribution in [0, 0.1) is 11.3 Å². The van der Waals surface area contributed by atoms with Gasteiger partial charge in [-0.1, -0.05) is 29.8 Å². The maximum absolute atomic E-state index is 11.8. The molecule has 3 rings (SSSR count). The average Bonchev–Trinajstić information content (AvgIpc) is 3.41. The van der Waals surface area contributed by atoms with Crippen molar-refractivity contribution in [3.63, 3.8) is 0 Å². The minimum atomic E-state index is -0.203. The molecule has 0 unspecified atom stereocenters. The van der Waals surface area contributed by atoms with Gasteiger partial charge in [0, 0.05) is 13.0 Å². The predicted octanol–water partition coefficient (Wildman–Crippen LogP) is 3.58. The number of para-hydroxylation sites is 1. The number of aryl methyl sites for hydroxylation is 1. The number of nitrogens with zero attached hydrogens (tertiary/aromatic N) is 3. The summed E-state index contributed by atoms with van der Waals surface area (Å²) in [6, 6.07) is 12.8. The lowest BCUT2D eigenvalue weighted by Crippen LogP contribution is -2.29. The third-order valence-corrected chi connectivity index (χ3v) is 4.83. The Morgan fingerprint density at radius 1 is 1.21 bits per heavy atom. The minimum Gasteiger partial charge on any atom is -0.482 e. The number of aromatic nitrogens is 2. The molecule has 0 radical (unpaired) electrons. The van der Waals surface area contributed by atoms with Gasteiger partial charge in [-0.05, 0) is 36.4 Å². The average molecular weight is 396 g/mol. The van der Waals surface area contributed by atoms with Crippen molar-refractivity contribution in [3.8, 4) is 22.5 Å². The van der Waals surface area contributed by atoms with Gasteiger partial charge in [-0.15, -0.1) is 11.3 Å². The minimum absolute atomic E-state index is 0.105. The van der Waals surface area contributed by atoms with E-state index in [9.17, 15) is 4.79 Å². The fourth-order valence-corrected chi connectivity index (χ4v) is 3.20. The molecule has 8 heteroatoms. The Bertz CT molecular complexity index is 931. The van der Waals surface area contributed by atoms with E-state index in [0.717, 1.165) is 30.6 Å². The number of ether oxygens (including phenoxy) is 1. The summed E-state index contributed by atoms with van der Waals surface area (Å²) >= 11 is 1.58. The lowest BCUT2D eigenvalue weighted by atomic mass is 10.2. The summed E-state index contributed by atoms with van der Waals surface area (Å²) in [5, 5.41) is 17.8. The van der Waals surface area contributed by atoms with Crippen molar-refractivity contribution >= 4 is 17.2 Å². The zero-order valence-electron chi connectivity index (χ0n) is 15.3. The van der Waals surface area contributed by atoms with Crippen molar-refractivity contribution in [3.05, 3.63) is 53.2 Å². The Morgan fingerprint density at radius 3 is 2.93 bits per heavy atom. The van der Waals surface area contributed by atoms with Crippen LogP contribution in [0.5, 0.6) is 5.75 Å². The molecule has 0 spiro atoms. The molecule has 1 aromatic carbocycles. The van der Waals surface area contributed by atoms with Gasteiger partial charge in [-0.25, -0.2) is 0 Å². The highest BCUT2D eigenvalue weighted by Crippen LogP contribution is 2.21. The Kier molecular flexibility index (Phi) is 7.15. The summed E-state index contributed by atoms with van der Waals surface area (Å²) in [5.41, 5.74) is 0.415. The summed E-state index contributed by atoms with van der Waals surface area (Å²) < 4.78 is 10.7. The van der Waals surface area contributed by atoms with Crippen molar-refractivity contribution in [2.75, 3.05) is 13.2 Å². The van der Waals surface area contributed by atoms with Crippen LogP contribution in [0.3, 0.4) is 0 Å². The highest BCUT2D eigenvalue weighted by molar-refractivity contribution is 7.13. The van der Waals surface area contributed by atoms with Gasteiger partial charge in [0.15, 0.2) is 6.61 Å². The van der Waals surface area contributed by atoms with Crippen LogP contribution in [0.2, 0.25) is 0 Å². The molecule has 7 nitrogen and oxygen atoms in total. The number of unbranched alkanes of at least 4 members (excludes halogenated alkanes) is 2. The predicted molar refractivity (Wildman–Crippen MR) is 105 cm³/mol. The molecule has 1 N–H and O–H groups in total. The lowest BCUT2D eigenvalue weighted by Gasteiger charge is -2.08. The molecule has 0 aliphatic heterocycles. The van der Waals surface area contributed by atoms with Crippen molar-refractivity contribution in [1.82, 2.24) is 15.5 Å². The van der Waals surface area contributed by atoms with Gasteiger partial charge in [-0.2, -0.15) is 10.2 Å². The Hall–Kier alpha value is -3.18. The number of rotatable bonds is 10. The summed E-state index contributed by atoms with van der Waals surface area (Å²) in [7, 11) is 0. The fraction of sp³-hybridized carbons (Fsp3) is 0.300. The number of hydrogen-bond donors (Lipinski definition) is 1. The van der Waals surface area contributed by atoms with E-state index in [1.165, 1.54) is 0 Å². The largest absolute Gasteiger partial charge is 0.482 e. The van der Waals surface area contributed by atoms with Gasteiger partial charge in [0.05, 0.1) is 10.4 Å². The first-order chi connectivity index (χ1) is 13.8. The number of nitriles is 1. The number of carbonyl (C=O) groups excluding carboxylic acids is 1. The van der Waals surface area contributed by atoms with Crippen LogP contribution in [-0.4, -0.2) is 29.2 Å². The first kappa shape index (κ1) is 19.6. The second-order valence-corrected chi connectivity index (χ2v) is 6.99. The molecule has 2 heterocycles. The Labute approximate surface area is 167 Å². The lowest BCUT2D eigenvalue weighted by molar-refractivity contribution is -0.123. The third kappa shape index (κ3) is 5.66. The zero-order chi connectivity index (χ0) is 19.6. The van der Waals surface area contributed by atoms with E-state index in [4.69, 9.17) is 14.5 Å². The molecule has 0 bridgehead atoms. The normalized spacial score (nSPS) is 10.4. The number of amides is 1. The standard InChI is InChI=1S/C20H20N4O3S/c21-13-15-7-3-4-8-16(15)26-14-18(25)22-11-5-1-2-10-19-23-20(24-27-19)17-9-6-12-28-17/h3-4,6-9,12H,1-2,5,10-11,14H2,(H,22,25). The number of hydrogen-bond acceptors (Lipinski definition) is 7. The SMILES string of the molecule is N#Cc1ccccc1OCC(=O)NCCCCCc1nc(-c2cccs2)no1. The number of benzene rings is 1. The van der Waals surface area contributed by atoms with Crippen LogP contribution >= 0.6 is 11.3 Å². The van der Waals surface area contributed by atoms with Crippen LogP contribution in [-0.2, 0) is 11.2 Å². The van der Waals surface area contributed by atoms with Crippen molar-refractivity contribution in [2.45, 2.75) is 25.7 Å². The van der Waals surface area contributed by atoms with Gasteiger partial charge >= 0.3 is 0 Å². The Morgan fingerprint density at radius 2 is 2.11 bits per heavy atom. The highest BCUT2D eigenvalue weighted by atomic mass is 32.1. The second-order valence-electron chi connectivity index (χ2n) is 6.05. The van der Waals surface area contributed by atoms with E-state index >= 15 is 0 Å². The van der Waals surface area contributed by atoms with E-state index in [2.05, 4.69) is 15.5 Å².